The fourth-order valence-corrected chi connectivity index (χ4v) is 5.30. The minimum Gasteiger partial charge on any atom is -0.493 e. The maximum atomic E-state index is 13.8. The maximum Gasteiger partial charge on any atom is 0.336 e. The van der Waals surface area contributed by atoms with Crippen molar-refractivity contribution in [2.24, 2.45) is 10.9 Å². The van der Waals surface area contributed by atoms with Crippen molar-refractivity contribution in [1.82, 2.24) is 0 Å². The largest absolute Gasteiger partial charge is 0.493 e. The molecule has 0 bridgehead atoms. The van der Waals surface area contributed by atoms with E-state index in [0.717, 1.165) is 22.4 Å². The Bertz CT molecular complexity index is 1210. The van der Waals surface area contributed by atoms with Gasteiger partial charge in [0.1, 0.15) is 12.4 Å². The molecule has 2 aromatic rings. The normalized spacial score (nSPS) is 21.5. The predicted octanol–water partition coefficient (Wildman–Crippen LogP) is 4.78. The Kier molecular flexibility index (Phi) is 7.89. The van der Waals surface area contributed by atoms with E-state index in [1.807, 2.05) is 56.3 Å². The highest BCUT2D eigenvalue weighted by molar-refractivity contribution is 6.12. The van der Waals surface area contributed by atoms with Crippen LogP contribution in [-0.4, -0.2) is 52.0 Å². The van der Waals surface area contributed by atoms with Gasteiger partial charge in [0.2, 0.25) is 0 Å². The highest BCUT2D eigenvalue weighted by atomic mass is 16.6. The minimum atomic E-state index is -0.503. The van der Waals surface area contributed by atoms with Crippen molar-refractivity contribution in [2.45, 2.75) is 38.5 Å². The lowest BCUT2D eigenvalue weighted by atomic mass is 9.66. The van der Waals surface area contributed by atoms with Crippen LogP contribution < -0.4 is 9.47 Å². The lowest BCUT2D eigenvalue weighted by molar-refractivity contribution is -0.140. The van der Waals surface area contributed by atoms with Crippen molar-refractivity contribution in [3.8, 4) is 11.5 Å². The number of esters is 1. The molecule has 1 fully saturated rings. The Morgan fingerprint density at radius 1 is 0.917 bits per heavy atom. The number of ether oxygens (including phenoxy) is 4. The van der Waals surface area contributed by atoms with E-state index < -0.39 is 17.8 Å². The average molecular weight is 492 g/mol. The van der Waals surface area contributed by atoms with Gasteiger partial charge in [-0.15, -0.1) is 0 Å². The number of rotatable bonds is 8. The summed E-state index contributed by atoms with van der Waals surface area (Å²) in [7, 11) is 4.75. The summed E-state index contributed by atoms with van der Waals surface area (Å²) in [5.41, 5.74) is 4.83. The van der Waals surface area contributed by atoms with Gasteiger partial charge in [0.05, 0.1) is 32.3 Å². The summed E-state index contributed by atoms with van der Waals surface area (Å²) < 4.78 is 21.4. The van der Waals surface area contributed by atoms with Gasteiger partial charge in [0.25, 0.3) is 0 Å². The molecule has 190 valence electrons. The van der Waals surface area contributed by atoms with E-state index >= 15 is 0 Å². The number of methoxy groups -OCH3 is 3. The highest BCUT2D eigenvalue weighted by Gasteiger charge is 2.46. The van der Waals surface area contributed by atoms with Crippen LogP contribution in [0, 0.1) is 12.8 Å². The minimum absolute atomic E-state index is 0.0338. The van der Waals surface area contributed by atoms with E-state index in [9.17, 15) is 9.59 Å². The first-order valence-corrected chi connectivity index (χ1v) is 12.1. The lowest BCUT2D eigenvalue weighted by Crippen LogP contribution is -2.41. The van der Waals surface area contributed by atoms with E-state index in [2.05, 4.69) is 0 Å². The molecule has 3 atom stereocenters. The van der Waals surface area contributed by atoms with Crippen LogP contribution in [0.3, 0.4) is 0 Å². The fraction of sp³-hybridized carbons (Fsp3) is 0.414. The third kappa shape index (κ3) is 5.07. The number of ketones is 1. The molecule has 1 saturated carbocycles. The molecular weight excluding hydrogens is 458 g/mol. The van der Waals surface area contributed by atoms with Crippen molar-refractivity contribution < 1.29 is 28.5 Å². The molecule has 0 radical (unpaired) electrons. The summed E-state index contributed by atoms with van der Waals surface area (Å²) in [6, 6.07) is 13.7. The molecule has 1 aliphatic carbocycles. The molecule has 0 saturated heterocycles. The lowest BCUT2D eigenvalue weighted by Gasteiger charge is -2.38. The topological polar surface area (TPSA) is 83.4 Å². The van der Waals surface area contributed by atoms with Gasteiger partial charge in [-0.25, -0.2) is 4.79 Å². The number of carbonyl (C=O) groups excluding carboxylic acids is 2. The Morgan fingerprint density at radius 2 is 1.69 bits per heavy atom. The summed E-state index contributed by atoms with van der Waals surface area (Å²) in [5.74, 6) is -0.0811. The molecule has 0 aromatic heterocycles. The smallest absolute Gasteiger partial charge is 0.336 e. The van der Waals surface area contributed by atoms with Crippen molar-refractivity contribution in [3.63, 3.8) is 0 Å². The van der Waals surface area contributed by atoms with Gasteiger partial charge >= 0.3 is 5.97 Å². The van der Waals surface area contributed by atoms with Crippen LogP contribution in [0.4, 0.5) is 0 Å². The number of carbonyl (C=O) groups is 2. The standard InChI is InChI=1S/C29H33NO6/c1-17-7-6-8-20(13-17)27-26(29(32)36-12-11-33-3)18(2)30-22-14-21(15-23(31)28(22)27)19-9-10-24(34-4)25(16-19)35-5/h6-10,13,16,21,27-28H,11-12,14-15H2,1-5H3/t21-,27+,28?/m1/s1. The summed E-state index contributed by atoms with van der Waals surface area (Å²) >= 11 is 0. The first-order chi connectivity index (χ1) is 17.4. The predicted molar refractivity (Wildman–Crippen MR) is 137 cm³/mol. The van der Waals surface area contributed by atoms with Crippen LogP contribution in [0.2, 0.25) is 0 Å². The van der Waals surface area contributed by atoms with Gasteiger partial charge in [0.15, 0.2) is 11.5 Å². The molecule has 2 aromatic carbocycles. The molecule has 0 N–H and O–H groups in total. The van der Waals surface area contributed by atoms with Crippen molar-refractivity contribution in [1.29, 1.82) is 0 Å². The molecular formula is C29H33NO6. The average Bonchev–Trinajstić information content (AvgIpc) is 2.87. The number of Topliss-reactive ketones (excluding diaryl/α,β-unsaturated/α-hetero) is 1. The number of hydrogen-bond acceptors (Lipinski definition) is 7. The van der Waals surface area contributed by atoms with Crippen LogP contribution in [-0.2, 0) is 19.1 Å². The van der Waals surface area contributed by atoms with Crippen LogP contribution in [0.15, 0.2) is 58.7 Å². The van der Waals surface area contributed by atoms with Gasteiger partial charge in [-0.05, 0) is 49.4 Å². The van der Waals surface area contributed by atoms with Gasteiger partial charge in [-0.2, -0.15) is 0 Å². The number of aryl methyl sites for hydroxylation is 1. The number of nitrogens with zero attached hydrogens (tertiary/aromatic N) is 1. The quantitative estimate of drug-likeness (QED) is 0.391. The van der Waals surface area contributed by atoms with Gasteiger partial charge in [0, 0.05) is 30.9 Å². The number of allylic oxidation sites excluding steroid dienone is 1. The SMILES string of the molecule is COCCOC(=O)C1=C(C)N=C2C[C@@H](c3ccc(OC)c(OC)c3)CC(=O)C2[C@H]1c1cccc(C)c1. The first-order valence-electron chi connectivity index (χ1n) is 12.1. The van der Waals surface area contributed by atoms with Crippen LogP contribution in [0.5, 0.6) is 11.5 Å². The van der Waals surface area contributed by atoms with Gasteiger partial charge in [-0.1, -0.05) is 35.9 Å². The number of aliphatic imine (C=N–C) groups is 1. The second-order valence-electron chi connectivity index (χ2n) is 9.29. The molecule has 7 nitrogen and oxygen atoms in total. The molecule has 4 rings (SSSR count). The zero-order valence-corrected chi connectivity index (χ0v) is 21.5. The molecule has 0 amide bonds. The molecule has 1 unspecified atom stereocenters. The van der Waals surface area contributed by atoms with E-state index in [1.165, 1.54) is 0 Å². The zero-order chi connectivity index (χ0) is 25.8. The highest BCUT2D eigenvalue weighted by Crippen LogP contribution is 2.46. The third-order valence-corrected chi connectivity index (χ3v) is 6.98. The van der Waals surface area contributed by atoms with E-state index in [0.29, 0.717) is 42.2 Å². The van der Waals surface area contributed by atoms with Crippen molar-refractivity contribution >= 4 is 17.5 Å². The summed E-state index contributed by atoms with van der Waals surface area (Å²) in [4.78, 5) is 31.8. The molecule has 1 aliphatic heterocycles. The Morgan fingerprint density at radius 3 is 2.39 bits per heavy atom. The second kappa shape index (κ2) is 11.1. The monoisotopic (exact) mass is 491 g/mol. The number of benzene rings is 2. The Balaban J connectivity index is 1.74. The van der Waals surface area contributed by atoms with E-state index in [1.54, 1.807) is 21.3 Å². The fourth-order valence-electron chi connectivity index (χ4n) is 5.30. The van der Waals surface area contributed by atoms with Crippen LogP contribution in [0.25, 0.3) is 0 Å². The summed E-state index contributed by atoms with van der Waals surface area (Å²) in [6.07, 6.45) is 0.976. The third-order valence-electron chi connectivity index (χ3n) is 6.98. The molecule has 7 heteroatoms. The number of hydrogen-bond donors (Lipinski definition) is 0. The summed E-state index contributed by atoms with van der Waals surface area (Å²) in [6.45, 7) is 4.27. The molecule has 0 spiro atoms. The van der Waals surface area contributed by atoms with E-state index in [-0.39, 0.29) is 18.3 Å². The molecule has 2 aliphatic rings. The molecule has 36 heavy (non-hydrogen) atoms. The Labute approximate surface area is 212 Å². The van der Waals surface area contributed by atoms with E-state index in [4.69, 9.17) is 23.9 Å². The van der Waals surface area contributed by atoms with Gasteiger partial charge in [-0.3, -0.25) is 9.79 Å². The van der Waals surface area contributed by atoms with Gasteiger partial charge < -0.3 is 18.9 Å². The van der Waals surface area contributed by atoms with Crippen LogP contribution in [0.1, 0.15) is 48.3 Å². The number of fused-ring (bicyclic) bond motifs is 1. The molecule has 1 heterocycles. The van der Waals surface area contributed by atoms with Crippen molar-refractivity contribution in [3.05, 3.63) is 70.4 Å². The second-order valence-corrected chi connectivity index (χ2v) is 9.29. The first kappa shape index (κ1) is 25.6. The summed E-state index contributed by atoms with van der Waals surface area (Å²) in [5, 5.41) is 0. The Hall–Kier alpha value is -3.45. The maximum absolute atomic E-state index is 13.8. The van der Waals surface area contributed by atoms with Crippen molar-refractivity contribution in [2.75, 3.05) is 34.5 Å². The zero-order valence-electron chi connectivity index (χ0n) is 21.5. The van der Waals surface area contributed by atoms with Crippen LogP contribution >= 0.6 is 0 Å².